The Balaban J connectivity index is 1.54. The molecule has 2 heterocycles. The van der Waals surface area contributed by atoms with Crippen LogP contribution < -0.4 is 0 Å². The predicted octanol–water partition coefficient (Wildman–Crippen LogP) is 3.28. The molecule has 2 atom stereocenters. The van der Waals surface area contributed by atoms with E-state index in [9.17, 15) is 9.50 Å². The Morgan fingerprint density at radius 2 is 2.09 bits per heavy atom. The minimum absolute atomic E-state index is 0.0888. The summed E-state index contributed by atoms with van der Waals surface area (Å²) in [6, 6.07) is 10.2. The van der Waals surface area contributed by atoms with Gasteiger partial charge in [-0.2, -0.15) is 0 Å². The molecule has 22 heavy (non-hydrogen) atoms. The Morgan fingerprint density at radius 1 is 1.27 bits per heavy atom. The van der Waals surface area contributed by atoms with Gasteiger partial charge in [0.1, 0.15) is 11.6 Å². The number of nitrogens with zero attached hydrogens (tertiary/aromatic N) is 1. The summed E-state index contributed by atoms with van der Waals surface area (Å²) in [6.07, 6.45) is 6.09. The van der Waals surface area contributed by atoms with E-state index in [1.807, 2.05) is 24.3 Å². The van der Waals surface area contributed by atoms with Gasteiger partial charge in [0.05, 0.1) is 12.4 Å². The molecule has 4 heteroatoms. The van der Waals surface area contributed by atoms with Crippen molar-refractivity contribution in [1.29, 1.82) is 0 Å². The third-order valence-corrected chi connectivity index (χ3v) is 4.15. The number of rotatable bonds is 4. The number of piperidine rings is 1. The summed E-state index contributed by atoms with van der Waals surface area (Å²) in [4.78, 5) is 2.21. The van der Waals surface area contributed by atoms with E-state index in [1.165, 1.54) is 12.1 Å². The summed E-state index contributed by atoms with van der Waals surface area (Å²) in [5, 5.41) is 10.4. The van der Waals surface area contributed by atoms with Crippen molar-refractivity contribution in [3.05, 3.63) is 65.9 Å². The predicted molar refractivity (Wildman–Crippen MR) is 83.9 cm³/mol. The van der Waals surface area contributed by atoms with Crippen LogP contribution in [0.1, 0.15) is 23.7 Å². The maximum absolute atomic E-state index is 13.0. The highest BCUT2D eigenvalue weighted by atomic mass is 19.1. The normalized spacial score (nSPS) is 23.2. The van der Waals surface area contributed by atoms with Crippen molar-refractivity contribution in [3.63, 3.8) is 0 Å². The second-order valence-corrected chi connectivity index (χ2v) is 5.69. The smallest absolute Gasteiger partial charge is 0.126 e. The van der Waals surface area contributed by atoms with Gasteiger partial charge in [-0.3, -0.25) is 4.90 Å². The molecule has 1 aromatic carbocycles. The van der Waals surface area contributed by atoms with Crippen LogP contribution in [0.2, 0.25) is 0 Å². The lowest BCUT2D eigenvalue weighted by atomic mass is 9.87. The third kappa shape index (κ3) is 3.64. The fourth-order valence-corrected chi connectivity index (χ4v) is 2.97. The van der Waals surface area contributed by atoms with Crippen LogP contribution in [-0.4, -0.2) is 35.7 Å². The molecule has 1 N–H and O–H groups in total. The number of halogens is 1. The molecule has 0 saturated carbocycles. The summed E-state index contributed by atoms with van der Waals surface area (Å²) in [7, 11) is 0. The second kappa shape index (κ2) is 6.90. The van der Waals surface area contributed by atoms with Gasteiger partial charge in [-0.15, -0.1) is 0 Å². The number of hydrogen-bond donors (Lipinski definition) is 1. The molecule has 116 valence electrons. The molecule has 0 spiro atoms. The van der Waals surface area contributed by atoms with Crippen LogP contribution in [0, 0.1) is 5.82 Å². The first-order valence-corrected chi connectivity index (χ1v) is 7.58. The standard InChI is InChI=1S/C18H20FNO2/c19-15-7-5-14(6-8-15)17-9-11-20(13-18(17)21)10-1-3-16-4-2-12-22-16/h1-8,12,17-18,21H,9-11,13H2/t17-,18+/m0/s1. The van der Waals surface area contributed by atoms with Crippen molar-refractivity contribution in [1.82, 2.24) is 4.90 Å². The molecular weight excluding hydrogens is 281 g/mol. The molecule has 0 radical (unpaired) electrons. The fraction of sp³-hybridized carbons (Fsp3) is 0.333. The first-order valence-electron chi connectivity index (χ1n) is 7.58. The first-order chi connectivity index (χ1) is 10.7. The molecule has 1 aliphatic rings. The molecular formula is C18H20FNO2. The molecule has 0 unspecified atom stereocenters. The fourth-order valence-electron chi connectivity index (χ4n) is 2.97. The number of aliphatic hydroxyl groups excluding tert-OH is 1. The Hall–Kier alpha value is -1.91. The molecule has 0 aliphatic carbocycles. The van der Waals surface area contributed by atoms with Crippen LogP contribution in [0.3, 0.4) is 0 Å². The summed E-state index contributed by atoms with van der Waals surface area (Å²) in [5.41, 5.74) is 1.01. The Kier molecular flexibility index (Phi) is 4.71. The lowest BCUT2D eigenvalue weighted by Gasteiger charge is -2.35. The van der Waals surface area contributed by atoms with Gasteiger partial charge in [-0.25, -0.2) is 4.39 Å². The molecule has 1 saturated heterocycles. The van der Waals surface area contributed by atoms with Gasteiger partial charge >= 0.3 is 0 Å². The van der Waals surface area contributed by atoms with Crippen LogP contribution in [-0.2, 0) is 0 Å². The van der Waals surface area contributed by atoms with Crippen LogP contribution in [0.25, 0.3) is 6.08 Å². The lowest BCUT2D eigenvalue weighted by molar-refractivity contribution is 0.0570. The SMILES string of the molecule is O[C@@H]1CN(CC=Cc2ccco2)CC[C@H]1c1ccc(F)cc1. The van der Waals surface area contributed by atoms with E-state index in [0.29, 0.717) is 6.54 Å². The minimum Gasteiger partial charge on any atom is -0.465 e. The maximum Gasteiger partial charge on any atom is 0.126 e. The topological polar surface area (TPSA) is 36.6 Å². The van der Waals surface area contributed by atoms with Gasteiger partial charge < -0.3 is 9.52 Å². The summed E-state index contributed by atoms with van der Waals surface area (Å²) >= 11 is 0. The zero-order valence-electron chi connectivity index (χ0n) is 12.4. The summed E-state index contributed by atoms with van der Waals surface area (Å²) < 4.78 is 18.2. The maximum atomic E-state index is 13.0. The van der Waals surface area contributed by atoms with Crippen molar-refractivity contribution < 1.29 is 13.9 Å². The monoisotopic (exact) mass is 301 g/mol. The Labute approximate surface area is 129 Å². The number of furan rings is 1. The van der Waals surface area contributed by atoms with E-state index in [4.69, 9.17) is 4.42 Å². The van der Waals surface area contributed by atoms with E-state index < -0.39 is 6.10 Å². The molecule has 2 aromatic rings. The van der Waals surface area contributed by atoms with E-state index in [2.05, 4.69) is 4.90 Å². The van der Waals surface area contributed by atoms with E-state index >= 15 is 0 Å². The van der Waals surface area contributed by atoms with Gasteiger partial charge in [0.15, 0.2) is 0 Å². The van der Waals surface area contributed by atoms with E-state index in [-0.39, 0.29) is 11.7 Å². The highest BCUT2D eigenvalue weighted by molar-refractivity contribution is 5.42. The van der Waals surface area contributed by atoms with Crippen molar-refractivity contribution >= 4 is 6.08 Å². The number of hydrogen-bond acceptors (Lipinski definition) is 3. The van der Waals surface area contributed by atoms with Crippen LogP contribution in [0.5, 0.6) is 0 Å². The zero-order valence-corrected chi connectivity index (χ0v) is 12.4. The van der Waals surface area contributed by atoms with Crippen LogP contribution in [0.4, 0.5) is 4.39 Å². The molecule has 1 aromatic heterocycles. The molecule has 1 fully saturated rings. The highest BCUT2D eigenvalue weighted by Gasteiger charge is 2.28. The molecule has 0 bridgehead atoms. The van der Waals surface area contributed by atoms with Crippen LogP contribution >= 0.6 is 0 Å². The van der Waals surface area contributed by atoms with Crippen molar-refractivity contribution in [2.45, 2.75) is 18.4 Å². The van der Waals surface area contributed by atoms with Crippen molar-refractivity contribution in [2.75, 3.05) is 19.6 Å². The first kappa shape index (κ1) is 15.0. The number of β-amino-alcohol motifs (C(OH)–C–C–N with tert-alkyl or cyclic N) is 1. The minimum atomic E-state index is -0.420. The largest absolute Gasteiger partial charge is 0.465 e. The Morgan fingerprint density at radius 3 is 2.77 bits per heavy atom. The average Bonchev–Trinajstić information content (AvgIpc) is 3.02. The summed E-state index contributed by atoms with van der Waals surface area (Å²) in [5.74, 6) is 0.686. The second-order valence-electron chi connectivity index (χ2n) is 5.69. The zero-order chi connectivity index (χ0) is 15.4. The van der Waals surface area contributed by atoms with Gasteiger partial charge in [0.25, 0.3) is 0 Å². The molecule has 3 nitrogen and oxygen atoms in total. The molecule has 0 amide bonds. The highest BCUT2D eigenvalue weighted by Crippen LogP contribution is 2.28. The summed E-state index contributed by atoms with van der Waals surface area (Å²) in [6.45, 7) is 2.33. The van der Waals surface area contributed by atoms with Gasteiger partial charge in [0, 0.05) is 19.0 Å². The third-order valence-electron chi connectivity index (χ3n) is 4.15. The van der Waals surface area contributed by atoms with Crippen molar-refractivity contribution in [3.8, 4) is 0 Å². The van der Waals surface area contributed by atoms with Crippen LogP contribution in [0.15, 0.2) is 53.2 Å². The van der Waals surface area contributed by atoms with E-state index in [1.54, 1.807) is 18.4 Å². The number of aliphatic hydroxyl groups is 1. The van der Waals surface area contributed by atoms with E-state index in [0.717, 1.165) is 30.8 Å². The quantitative estimate of drug-likeness (QED) is 0.941. The van der Waals surface area contributed by atoms with Crippen molar-refractivity contribution in [2.24, 2.45) is 0 Å². The Bertz CT molecular complexity index is 607. The van der Waals surface area contributed by atoms with Gasteiger partial charge in [-0.05, 0) is 48.9 Å². The van der Waals surface area contributed by atoms with Gasteiger partial charge in [0.2, 0.25) is 0 Å². The number of benzene rings is 1. The molecule has 1 aliphatic heterocycles. The average molecular weight is 301 g/mol. The lowest BCUT2D eigenvalue weighted by Crippen LogP contribution is -2.42. The number of likely N-dealkylation sites (tertiary alicyclic amines) is 1. The molecule has 3 rings (SSSR count). The van der Waals surface area contributed by atoms with Gasteiger partial charge in [-0.1, -0.05) is 18.2 Å².